The molecule has 8 heteroatoms. The number of benzene rings is 3. The molecular formula is C36H44N4O4. The van der Waals surface area contributed by atoms with Crippen LogP contribution < -0.4 is 20.7 Å². The monoisotopic (exact) mass is 596 g/mol. The van der Waals surface area contributed by atoms with Gasteiger partial charge in [0.25, 0.3) is 0 Å². The van der Waals surface area contributed by atoms with Crippen LogP contribution in [0.5, 0.6) is 5.75 Å². The zero-order chi connectivity index (χ0) is 31.1. The first-order valence-corrected chi connectivity index (χ1v) is 15.8. The van der Waals surface area contributed by atoms with Crippen LogP contribution in [0.15, 0.2) is 72.8 Å². The molecule has 1 fully saturated rings. The lowest BCUT2D eigenvalue weighted by Gasteiger charge is -2.32. The number of carbonyl (C=O) groups is 3. The highest BCUT2D eigenvalue weighted by Gasteiger charge is 2.39. The Bertz CT molecular complexity index is 1440. The predicted molar refractivity (Wildman–Crippen MR) is 171 cm³/mol. The van der Waals surface area contributed by atoms with Crippen LogP contribution in [-0.2, 0) is 33.8 Å². The van der Waals surface area contributed by atoms with Gasteiger partial charge in [0, 0.05) is 13.0 Å². The smallest absolute Gasteiger partial charge is 0.246 e. The lowest BCUT2D eigenvalue weighted by Crippen LogP contribution is -2.56. The third-order valence-corrected chi connectivity index (χ3v) is 8.85. The lowest BCUT2D eigenvalue weighted by atomic mass is 9.87. The van der Waals surface area contributed by atoms with Gasteiger partial charge in [0.05, 0.1) is 12.1 Å². The van der Waals surface area contributed by atoms with E-state index in [0.29, 0.717) is 26.0 Å². The Morgan fingerprint density at radius 2 is 1.66 bits per heavy atom. The van der Waals surface area contributed by atoms with Crippen molar-refractivity contribution in [3.05, 3.63) is 101 Å². The fourth-order valence-electron chi connectivity index (χ4n) is 6.11. The highest BCUT2D eigenvalue weighted by Crippen LogP contribution is 2.30. The van der Waals surface area contributed by atoms with Gasteiger partial charge >= 0.3 is 0 Å². The van der Waals surface area contributed by atoms with Crippen molar-refractivity contribution < 1.29 is 19.1 Å². The largest absolute Gasteiger partial charge is 0.489 e. The Hall–Kier alpha value is -4.17. The average molecular weight is 597 g/mol. The molecule has 232 valence electrons. The van der Waals surface area contributed by atoms with E-state index in [1.54, 1.807) is 18.9 Å². The number of amides is 3. The van der Waals surface area contributed by atoms with Crippen LogP contribution in [0.1, 0.15) is 66.5 Å². The molecule has 5 rings (SSSR count). The van der Waals surface area contributed by atoms with Crippen molar-refractivity contribution >= 4 is 17.7 Å². The number of fused-ring (bicyclic) bond motifs is 1. The summed E-state index contributed by atoms with van der Waals surface area (Å²) < 4.78 is 5.96. The van der Waals surface area contributed by atoms with Crippen LogP contribution in [0.2, 0.25) is 0 Å². The minimum atomic E-state index is -0.804. The molecule has 0 bridgehead atoms. The Balaban J connectivity index is 1.26. The van der Waals surface area contributed by atoms with Crippen molar-refractivity contribution in [1.82, 2.24) is 20.9 Å². The van der Waals surface area contributed by atoms with Crippen LogP contribution in [0.25, 0.3) is 0 Å². The number of likely N-dealkylation sites (tertiary alicyclic amines) is 1. The topological polar surface area (TPSA) is 99.8 Å². The maximum Gasteiger partial charge on any atom is 0.246 e. The van der Waals surface area contributed by atoms with Crippen LogP contribution in [0, 0.1) is 6.92 Å². The quantitative estimate of drug-likeness (QED) is 0.305. The third kappa shape index (κ3) is 7.66. The van der Waals surface area contributed by atoms with Gasteiger partial charge < -0.3 is 25.6 Å². The van der Waals surface area contributed by atoms with E-state index in [4.69, 9.17) is 4.74 Å². The van der Waals surface area contributed by atoms with Gasteiger partial charge in [-0.1, -0.05) is 66.2 Å². The van der Waals surface area contributed by atoms with Gasteiger partial charge in [0.2, 0.25) is 17.7 Å². The van der Waals surface area contributed by atoms with E-state index in [1.807, 2.05) is 36.4 Å². The van der Waals surface area contributed by atoms with Gasteiger partial charge in [0.15, 0.2) is 0 Å². The van der Waals surface area contributed by atoms with Crippen molar-refractivity contribution in [3.8, 4) is 5.75 Å². The van der Waals surface area contributed by atoms with Crippen LogP contribution in [0.3, 0.4) is 0 Å². The molecule has 2 aliphatic rings. The lowest BCUT2D eigenvalue weighted by molar-refractivity contribution is -0.141. The summed E-state index contributed by atoms with van der Waals surface area (Å²) in [7, 11) is 1.71. The molecule has 3 N–H and O–H groups in total. The molecule has 1 aliphatic heterocycles. The van der Waals surface area contributed by atoms with Crippen molar-refractivity contribution in [3.63, 3.8) is 0 Å². The molecule has 44 heavy (non-hydrogen) atoms. The van der Waals surface area contributed by atoms with E-state index >= 15 is 0 Å². The zero-order valence-corrected chi connectivity index (χ0v) is 26.0. The average Bonchev–Trinajstić information content (AvgIpc) is 3.54. The minimum Gasteiger partial charge on any atom is -0.489 e. The molecule has 0 aromatic heterocycles. The minimum absolute atomic E-state index is 0.0521. The second-order valence-electron chi connectivity index (χ2n) is 12.0. The zero-order valence-electron chi connectivity index (χ0n) is 26.0. The van der Waals surface area contributed by atoms with Gasteiger partial charge in [-0.15, -0.1) is 0 Å². The van der Waals surface area contributed by atoms with E-state index < -0.39 is 18.1 Å². The van der Waals surface area contributed by atoms with Crippen LogP contribution in [-0.4, -0.2) is 54.3 Å². The highest BCUT2D eigenvalue weighted by atomic mass is 16.5. The number of nitrogens with one attached hydrogen (secondary N) is 3. The number of rotatable bonds is 11. The van der Waals surface area contributed by atoms with E-state index in [1.165, 1.54) is 16.7 Å². The maximum atomic E-state index is 14.0. The molecule has 0 radical (unpaired) electrons. The summed E-state index contributed by atoms with van der Waals surface area (Å²) in [5.74, 6) is 0.109. The number of hydrogen-bond acceptors (Lipinski definition) is 5. The van der Waals surface area contributed by atoms with Crippen molar-refractivity contribution in [1.29, 1.82) is 0 Å². The first-order chi connectivity index (χ1) is 21.3. The van der Waals surface area contributed by atoms with E-state index in [2.05, 4.69) is 59.3 Å². The summed E-state index contributed by atoms with van der Waals surface area (Å²) >= 11 is 0. The van der Waals surface area contributed by atoms with Gasteiger partial charge in [-0.05, 0) is 87.4 Å². The normalized spacial score (nSPS) is 19.0. The van der Waals surface area contributed by atoms with Crippen molar-refractivity contribution in [2.24, 2.45) is 0 Å². The summed E-state index contributed by atoms with van der Waals surface area (Å²) in [4.78, 5) is 42.2. The van der Waals surface area contributed by atoms with Gasteiger partial charge in [-0.25, -0.2) is 0 Å². The van der Waals surface area contributed by atoms with Crippen molar-refractivity contribution in [2.45, 2.75) is 83.1 Å². The maximum absolute atomic E-state index is 14.0. The molecule has 3 aromatic rings. The number of hydrogen-bond donors (Lipinski definition) is 3. The van der Waals surface area contributed by atoms with Crippen LogP contribution in [0.4, 0.5) is 0 Å². The molecule has 0 unspecified atom stereocenters. The standard InChI is InChI=1S/C36H44N4O4/c1-24-13-15-27(16-14-24)23-44-29-19-17-26(18-20-29)22-32(39-34(41)25(2)37-3)36(43)40-21-7-12-33(40)35(42)38-31-11-6-9-28-8-4-5-10-30(28)31/h4-5,8,10,13-20,25,31-33,37H,6-7,9,11-12,21-23H2,1-3H3,(H,38,42)(H,39,41)/t25-,31+,32-,33-/m0/s1. The first-order valence-electron chi connectivity index (χ1n) is 15.8. The Labute approximate surface area is 260 Å². The summed E-state index contributed by atoms with van der Waals surface area (Å²) in [5.41, 5.74) is 5.62. The third-order valence-electron chi connectivity index (χ3n) is 8.85. The molecule has 1 saturated heterocycles. The predicted octanol–water partition coefficient (Wildman–Crippen LogP) is 4.39. The molecule has 3 amide bonds. The Kier molecular flexibility index (Phi) is 10.3. The van der Waals surface area contributed by atoms with E-state index in [9.17, 15) is 14.4 Å². The molecule has 4 atom stereocenters. The Morgan fingerprint density at radius 1 is 0.932 bits per heavy atom. The second kappa shape index (κ2) is 14.5. The summed E-state index contributed by atoms with van der Waals surface area (Å²) in [6.45, 7) is 4.76. The van der Waals surface area contributed by atoms with E-state index in [-0.39, 0.29) is 23.8 Å². The molecular weight excluding hydrogens is 552 g/mol. The molecule has 0 spiro atoms. The molecule has 3 aromatic carbocycles. The Morgan fingerprint density at radius 3 is 2.41 bits per heavy atom. The highest BCUT2D eigenvalue weighted by molar-refractivity contribution is 5.93. The number of likely N-dealkylation sites (N-methyl/N-ethyl adjacent to an activating group) is 1. The fraction of sp³-hybridized carbons (Fsp3) is 0.417. The van der Waals surface area contributed by atoms with Gasteiger partial charge in [-0.3, -0.25) is 14.4 Å². The number of nitrogens with zero attached hydrogens (tertiary/aromatic N) is 1. The molecule has 8 nitrogen and oxygen atoms in total. The van der Waals surface area contributed by atoms with E-state index in [0.717, 1.165) is 42.6 Å². The molecule has 1 aliphatic carbocycles. The van der Waals surface area contributed by atoms with Crippen molar-refractivity contribution in [2.75, 3.05) is 13.6 Å². The number of aryl methyl sites for hydroxylation is 2. The number of carbonyl (C=O) groups excluding carboxylic acids is 3. The van der Waals surface area contributed by atoms with Gasteiger partial charge in [0.1, 0.15) is 24.4 Å². The second-order valence-corrected chi connectivity index (χ2v) is 12.0. The van der Waals surface area contributed by atoms with Crippen LogP contribution >= 0.6 is 0 Å². The number of ether oxygens (including phenoxy) is 1. The SMILES string of the molecule is CN[C@@H](C)C(=O)N[C@@H](Cc1ccc(OCc2ccc(C)cc2)cc1)C(=O)N1CCC[C@H]1C(=O)N[C@@H]1CCCc2ccccc21. The fourth-order valence-corrected chi connectivity index (χ4v) is 6.11. The summed E-state index contributed by atoms with van der Waals surface area (Å²) in [6.07, 6.45) is 4.57. The summed E-state index contributed by atoms with van der Waals surface area (Å²) in [6, 6.07) is 22.2. The molecule has 0 saturated carbocycles. The summed E-state index contributed by atoms with van der Waals surface area (Å²) in [5, 5.41) is 9.15. The van der Waals surface area contributed by atoms with Gasteiger partial charge in [-0.2, -0.15) is 0 Å². The first kappa shape index (κ1) is 31.3. The molecule has 1 heterocycles.